The number of halogens is 1. The molecule has 0 aliphatic heterocycles. The third kappa shape index (κ3) is 3.70. The molecule has 2 aromatic rings. The highest BCUT2D eigenvalue weighted by Gasteiger charge is 2.08. The number of amides is 1. The third-order valence-corrected chi connectivity index (χ3v) is 3.65. The number of nitrogens with one attached hydrogen (secondary N) is 1. The second-order valence-corrected chi connectivity index (χ2v) is 5.18. The van der Waals surface area contributed by atoms with Gasteiger partial charge in [0, 0.05) is 10.1 Å². The van der Waals surface area contributed by atoms with Crippen LogP contribution in [0, 0.1) is 3.57 Å². The quantitative estimate of drug-likeness (QED) is 0.843. The lowest BCUT2D eigenvalue weighted by Gasteiger charge is -2.08. The molecule has 0 radical (unpaired) electrons. The van der Waals surface area contributed by atoms with Crippen LogP contribution in [0.1, 0.15) is 15.9 Å². The Morgan fingerprint density at radius 3 is 2.74 bits per heavy atom. The molecule has 0 heterocycles. The molecule has 0 atom stereocenters. The van der Waals surface area contributed by atoms with Crippen molar-refractivity contribution in [3.8, 4) is 5.75 Å². The topological polar surface area (TPSA) is 38.3 Å². The Balaban J connectivity index is 2.02. The van der Waals surface area contributed by atoms with Gasteiger partial charge in [-0.2, -0.15) is 0 Å². The second kappa shape index (κ2) is 6.56. The van der Waals surface area contributed by atoms with Crippen molar-refractivity contribution in [2.75, 3.05) is 7.11 Å². The van der Waals surface area contributed by atoms with Crippen LogP contribution in [0.2, 0.25) is 0 Å². The average Bonchev–Trinajstić information content (AvgIpc) is 2.45. The molecule has 0 saturated carbocycles. The Labute approximate surface area is 126 Å². The highest BCUT2D eigenvalue weighted by molar-refractivity contribution is 14.1. The predicted octanol–water partition coefficient (Wildman–Crippen LogP) is 3.23. The van der Waals surface area contributed by atoms with Crippen LogP contribution >= 0.6 is 22.6 Å². The third-order valence-electron chi connectivity index (χ3n) is 2.71. The summed E-state index contributed by atoms with van der Waals surface area (Å²) in [5.41, 5.74) is 1.71. The van der Waals surface area contributed by atoms with Gasteiger partial charge >= 0.3 is 0 Å². The summed E-state index contributed by atoms with van der Waals surface area (Å²) in [6, 6.07) is 15.2. The molecule has 0 aliphatic carbocycles. The van der Waals surface area contributed by atoms with Crippen molar-refractivity contribution in [2.24, 2.45) is 0 Å². The number of ether oxygens (including phenoxy) is 1. The van der Waals surface area contributed by atoms with E-state index in [0.717, 1.165) is 14.9 Å². The zero-order valence-electron chi connectivity index (χ0n) is 10.5. The van der Waals surface area contributed by atoms with E-state index in [2.05, 4.69) is 27.9 Å². The van der Waals surface area contributed by atoms with Crippen LogP contribution in [-0.2, 0) is 6.54 Å². The summed E-state index contributed by atoms with van der Waals surface area (Å²) >= 11 is 2.16. The summed E-state index contributed by atoms with van der Waals surface area (Å²) < 4.78 is 6.10. The summed E-state index contributed by atoms with van der Waals surface area (Å²) in [6.07, 6.45) is 0. The smallest absolute Gasteiger partial charge is 0.252 e. The lowest BCUT2D eigenvalue weighted by molar-refractivity contribution is 0.0950. The van der Waals surface area contributed by atoms with Gasteiger partial charge < -0.3 is 10.1 Å². The Morgan fingerprint density at radius 2 is 2.00 bits per heavy atom. The van der Waals surface area contributed by atoms with Crippen LogP contribution in [0.4, 0.5) is 0 Å². The molecule has 0 saturated heterocycles. The number of rotatable bonds is 4. The summed E-state index contributed by atoms with van der Waals surface area (Å²) in [4.78, 5) is 12.0. The zero-order valence-corrected chi connectivity index (χ0v) is 12.7. The molecule has 2 aromatic carbocycles. The van der Waals surface area contributed by atoms with Crippen molar-refractivity contribution in [1.29, 1.82) is 0 Å². The summed E-state index contributed by atoms with van der Waals surface area (Å²) in [5.74, 6) is 0.730. The fraction of sp³-hybridized carbons (Fsp3) is 0.133. The van der Waals surface area contributed by atoms with E-state index in [9.17, 15) is 4.79 Å². The monoisotopic (exact) mass is 367 g/mol. The molecule has 98 valence electrons. The van der Waals surface area contributed by atoms with Gasteiger partial charge in [-0.05, 0) is 52.4 Å². The molecule has 4 heteroatoms. The van der Waals surface area contributed by atoms with E-state index in [0.29, 0.717) is 12.1 Å². The minimum Gasteiger partial charge on any atom is -0.497 e. The summed E-state index contributed by atoms with van der Waals surface area (Å²) in [7, 11) is 1.63. The van der Waals surface area contributed by atoms with Crippen molar-refractivity contribution in [3.63, 3.8) is 0 Å². The van der Waals surface area contributed by atoms with Crippen LogP contribution in [0.3, 0.4) is 0 Å². The standard InChI is InChI=1S/C15H14INO2/c1-19-12-6-4-5-11(9-12)10-17-15(18)13-7-2-3-8-14(13)16/h2-9H,10H2,1H3,(H,17,18). The van der Waals surface area contributed by atoms with Gasteiger partial charge in [-0.3, -0.25) is 4.79 Å². The van der Waals surface area contributed by atoms with Crippen molar-refractivity contribution >= 4 is 28.5 Å². The fourth-order valence-corrected chi connectivity index (χ4v) is 2.34. The molecular formula is C15H14INO2. The van der Waals surface area contributed by atoms with Crippen molar-refractivity contribution < 1.29 is 9.53 Å². The first-order valence-corrected chi connectivity index (χ1v) is 6.94. The molecular weight excluding hydrogens is 353 g/mol. The highest BCUT2D eigenvalue weighted by Crippen LogP contribution is 2.14. The van der Waals surface area contributed by atoms with E-state index in [4.69, 9.17) is 4.74 Å². The van der Waals surface area contributed by atoms with Gasteiger partial charge in [0.1, 0.15) is 5.75 Å². The van der Waals surface area contributed by atoms with Gasteiger partial charge in [0.05, 0.1) is 12.7 Å². The summed E-state index contributed by atoms with van der Waals surface area (Å²) in [5, 5.41) is 2.91. The molecule has 1 N–H and O–H groups in total. The fourth-order valence-electron chi connectivity index (χ4n) is 1.71. The van der Waals surface area contributed by atoms with E-state index in [1.165, 1.54) is 0 Å². The first kappa shape index (κ1) is 13.9. The molecule has 0 aliphatic rings. The van der Waals surface area contributed by atoms with Crippen LogP contribution in [-0.4, -0.2) is 13.0 Å². The first-order valence-electron chi connectivity index (χ1n) is 5.86. The van der Waals surface area contributed by atoms with Gasteiger partial charge in [-0.15, -0.1) is 0 Å². The van der Waals surface area contributed by atoms with Crippen LogP contribution in [0.5, 0.6) is 5.75 Å². The van der Waals surface area contributed by atoms with Crippen LogP contribution in [0.25, 0.3) is 0 Å². The molecule has 0 spiro atoms. The average molecular weight is 367 g/mol. The van der Waals surface area contributed by atoms with Gasteiger partial charge in [0.15, 0.2) is 0 Å². The van der Waals surface area contributed by atoms with Crippen LogP contribution in [0.15, 0.2) is 48.5 Å². The van der Waals surface area contributed by atoms with E-state index in [1.807, 2.05) is 48.5 Å². The molecule has 0 fully saturated rings. The number of carbonyl (C=O) groups is 1. The summed E-state index contributed by atoms with van der Waals surface area (Å²) in [6.45, 7) is 0.487. The first-order chi connectivity index (χ1) is 9.20. The second-order valence-electron chi connectivity index (χ2n) is 4.01. The SMILES string of the molecule is COc1cccc(CNC(=O)c2ccccc2I)c1. The largest absolute Gasteiger partial charge is 0.497 e. The predicted molar refractivity (Wildman–Crippen MR) is 83.3 cm³/mol. The lowest BCUT2D eigenvalue weighted by Crippen LogP contribution is -2.23. The number of benzene rings is 2. The molecule has 0 aromatic heterocycles. The maximum Gasteiger partial charge on any atom is 0.252 e. The van der Waals surface area contributed by atoms with Crippen molar-refractivity contribution in [3.05, 3.63) is 63.2 Å². The van der Waals surface area contributed by atoms with E-state index in [-0.39, 0.29) is 5.91 Å². The molecule has 19 heavy (non-hydrogen) atoms. The molecule has 0 unspecified atom stereocenters. The van der Waals surface area contributed by atoms with Gasteiger partial charge in [0.2, 0.25) is 0 Å². The van der Waals surface area contributed by atoms with E-state index in [1.54, 1.807) is 7.11 Å². The number of methoxy groups -OCH3 is 1. The number of carbonyl (C=O) groups excluding carboxylic acids is 1. The van der Waals surface area contributed by atoms with Crippen molar-refractivity contribution in [1.82, 2.24) is 5.32 Å². The minimum absolute atomic E-state index is 0.0622. The maximum absolute atomic E-state index is 12.0. The Bertz CT molecular complexity index is 584. The van der Waals surface area contributed by atoms with Gasteiger partial charge in [-0.1, -0.05) is 24.3 Å². The zero-order chi connectivity index (χ0) is 13.7. The Hall–Kier alpha value is -1.56. The Kier molecular flexibility index (Phi) is 4.79. The Morgan fingerprint density at radius 1 is 1.21 bits per heavy atom. The number of hydrogen-bond acceptors (Lipinski definition) is 2. The molecule has 3 nitrogen and oxygen atoms in total. The minimum atomic E-state index is -0.0622. The number of hydrogen-bond donors (Lipinski definition) is 1. The lowest BCUT2D eigenvalue weighted by atomic mass is 10.2. The van der Waals surface area contributed by atoms with E-state index < -0.39 is 0 Å². The van der Waals surface area contributed by atoms with Crippen molar-refractivity contribution in [2.45, 2.75) is 6.54 Å². The molecule has 1 amide bonds. The van der Waals surface area contributed by atoms with Gasteiger partial charge in [-0.25, -0.2) is 0 Å². The molecule has 0 bridgehead atoms. The van der Waals surface area contributed by atoms with Gasteiger partial charge in [0.25, 0.3) is 5.91 Å². The maximum atomic E-state index is 12.0. The molecule has 2 rings (SSSR count). The van der Waals surface area contributed by atoms with E-state index >= 15 is 0 Å². The normalized spacial score (nSPS) is 10.0. The highest BCUT2D eigenvalue weighted by atomic mass is 127. The van der Waals surface area contributed by atoms with Crippen LogP contribution < -0.4 is 10.1 Å².